The smallest absolute Gasteiger partial charge is 0.191 e. The van der Waals surface area contributed by atoms with Crippen molar-refractivity contribution in [1.29, 1.82) is 0 Å². The van der Waals surface area contributed by atoms with Gasteiger partial charge >= 0.3 is 0 Å². The number of benzene rings is 1. The number of aliphatic imine (C=N–C) groups is 1. The van der Waals surface area contributed by atoms with Gasteiger partial charge in [-0.1, -0.05) is 13.0 Å². The van der Waals surface area contributed by atoms with Crippen LogP contribution in [0.25, 0.3) is 0 Å². The van der Waals surface area contributed by atoms with Gasteiger partial charge in [-0.05, 0) is 57.7 Å². The molecule has 0 aliphatic carbocycles. The Morgan fingerprint density at radius 1 is 1.36 bits per heavy atom. The van der Waals surface area contributed by atoms with Crippen molar-refractivity contribution in [2.45, 2.75) is 38.9 Å². The van der Waals surface area contributed by atoms with Gasteiger partial charge < -0.3 is 15.5 Å². The molecule has 1 aliphatic heterocycles. The van der Waals surface area contributed by atoms with Gasteiger partial charge in [0.05, 0.1) is 0 Å². The van der Waals surface area contributed by atoms with E-state index in [0.717, 1.165) is 30.2 Å². The van der Waals surface area contributed by atoms with E-state index in [1.54, 1.807) is 13.1 Å². The van der Waals surface area contributed by atoms with E-state index >= 15 is 0 Å². The quantitative estimate of drug-likeness (QED) is 0.584. The zero-order valence-electron chi connectivity index (χ0n) is 16.0. The van der Waals surface area contributed by atoms with Crippen molar-refractivity contribution >= 4 is 5.96 Å². The molecule has 0 aromatic heterocycles. The summed E-state index contributed by atoms with van der Waals surface area (Å²) in [4.78, 5) is 8.77. The summed E-state index contributed by atoms with van der Waals surface area (Å²) in [6.45, 7) is 6.64. The molecule has 2 N–H and O–H groups in total. The Kier molecular flexibility index (Phi) is 7.65. The highest BCUT2D eigenvalue weighted by Gasteiger charge is 2.22. The van der Waals surface area contributed by atoms with E-state index in [0.29, 0.717) is 19.1 Å². The summed E-state index contributed by atoms with van der Waals surface area (Å²) in [5, 5.41) is 6.75. The second-order valence-electron chi connectivity index (χ2n) is 6.89. The van der Waals surface area contributed by atoms with Crippen LogP contribution in [0.3, 0.4) is 0 Å². The molecule has 1 aromatic carbocycles. The largest absolute Gasteiger partial charge is 0.355 e. The van der Waals surface area contributed by atoms with Crippen LogP contribution in [0.2, 0.25) is 0 Å². The second-order valence-corrected chi connectivity index (χ2v) is 6.89. The number of rotatable bonds is 7. The monoisotopic (exact) mass is 349 g/mol. The highest BCUT2D eigenvalue weighted by molar-refractivity contribution is 5.79. The highest BCUT2D eigenvalue weighted by atomic mass is 19.1. The number of halogens is 1. The van der Waals surface area contributed by atoms with Crippen molar-refractivity contribution in [2.75, 3.05) is 40.8 Å². The Morgan fingerprint density at radius 3 is 2.84 bits per heavy atom. The summed E-state index contributed by atoms with van der Waals surface area (Å²) in [7, 11) is 5.67. The van der Waals surface area contributed by atoms with Crippen LogP contribution in [0.4, 0.5) is 4.39 Å². The summed E-state index contributed by atoms with van der Waals surface area (Å²) >= 11 is 0. The maximum atomic E-state index is 13.9. The minimum absolute atomic E-state index is 0.152. The van der Waals surface area contributed by atoms with Gasteiger partial charge in [-0.25, -0.2) is 4.39 Å². The van der Waals surface area contributed by atoms with Gasteiger partial charge in [-0.2, -0.15) is 0 Å². The zero-order valence-corrected chi connectivity index (χ0v) is 16.0. The van der Waals surface area contributed by atoms with Crippen LogP contribution in [0, 0.1) is 5.82 Å². The van der Waals surface area contributed by atoms with Gasteiger partial charge in [-0.3, -0.25) is 9.89 Å². The van der Waals surface area contributed by atoms with Crippen molar-refractivity contribution in [3.63, 3.8) is 0 Å². The van der Waals surface area contributed by atoms with Gasteiger partial charge in [0.25, 0.3) is 0 Å². The van der Waals surface area contributed by atoms with Crippen LogP contribution >= 0.6 is 0 Å². The molecule has 0 bridgehead atoms. The third-order valence-electron chi connectivity index (χ3n) is 4.69. The molecule has 2 rings (SSSR count). The third-order valence-corrected chi connectivity index (χ3v) is 4.69. The fraction of sp³-hybridized carbons (Fsp3) is 0.632. The van der Waals surface area contributed by atoms with Crippen molar-refractivity contribution in [1.82, 2.24) is 20.4 Å². The molecule has 25 heavy (non-hydrogen) atoms. The highest BCUT2D eigenvalue weighted by Crippen LogP contribution is 2.15. The lowest BCUT2D eigenvalue weighted by Crippen LogP contribution is -2.44. The molecular formula is C19H32FN5. The Bertz CT molecular complexity index is 573. The van der Waals surface area contributed by atoms with Crippen LogP contribution in [-0.4, -0.2) is 62.6 Å². The summed E-state index contributed by atoms with van der Waals surface area (Å²) in [6, 6.07) is 5.88. The van der Waals surface area contributed by atoms with Crippen LogP contribution < -0.4 is 10.6 Å². The number of hydrogen-bond acceptors (Lipinski definition) is 3. The van der Waals surface area contributed by atoms with Gasteiger partial charge in [0.15, 0.2) is 5.96 Å². The lowest BCUT2D eigenvalue weighted by molar-refractivity contribution is 0.267. The number of guanidine groups is 1. The zero-order chi connectivity index (χ0) is 18.2. The lowest BCUT2D eigenvalue weighted by Gasteiger charge is -2.24. The maximum absolute atomic E-state index is 13.9. The predicted molar refractivity (Wildman–Crippen MR) is 102 cm³/mol. The molecule has 0 radical (unpaired) electrons. The number of likely N-dealkylation sites (tertiary alicyclic amines) is 1. The molecule has 1 atom stereocenters. The van der Waals surface area contributed by atoms with E-state index in [1.165, 1.54) is 19.4 Å². The van der Waals surface area contributed by atoms with E-state index in [1.807, 2.05) is 31.1 Å². The lowest BCUT2D eigenvalue weighted by atomic mass is 10.1. The summed E-state index contributed by atoms with van der Waals surface area (Å²) in [5.74, 6) is 0.641. The Balaban J connectivity index is 1.86. The van der Waals surface area contributed by atoms with Gasteiger partial charge in [0, 0.05) is 38.3 Å². The van der Waals surface area contributed by atoms with Gasteiger partial charge in [0.1, 0.15) is 5.82 Å². The standard InChI is InChI=1S/C19H32FN5/c1-5-25-10-6-7-17(25)13-23-19(21-2)22-12-15-8-9-18(20)16(11-15)14-24(3)4/h8-9,11,17H,5-7,10,12-14H2,1-4H3,(H2,21,22,23). The van der Waals surface area contributed by atoms with Crippen molar-refractivity contribution in [3.8, 4) is 0 Å². The third kappa shape index (κ3) is 5.97. The molecule has 5 nitrogen and oxygen atoms in total. The second kappa shape index (κ2) is 9.73. The normalized spacial score (nSPS) is 18.8. The van der Waals surface area contributed by atoms with Crippen LogP contribution in [0.5, 0.6) is 0 Å². The Morgan fingerprint density at radius 2 is 2.16 bits per heavy atom. The first kappa shape index (κ1) is 19.7. The molecule has 1 aromatic rings. The van der Waals surface area contributed by atoms with E-state index in [9.17, 15) is 4.39 Å². The van der Waals surface area contributed by atoms with E-state index in [2.05, 4.69) is 27.4 Å². The first-order chi connectivity index (χ1) is 12.0. The van der Waals surface area contributed by atoms with Crippen LogP contribution in [-0.2, 0) is 13.1 Å². The van der Waals surface area contributed by atoms with Crippen molar-refractivity contribution in [3.05, 3.63) is 35.1 Å². The van der Waals surface area contributed by atoms with Gasteiger partial charge in [0.2, 0.25) is 0 Å². The van der Waals surface area contributed by atoms with Crippen LogP contribution in [0.1, 0.15) is 30.9 Å². The number of nitrogens with one attached hydrogen (secondary N) is 2. The molecular weight excluding hydrogens is 317 g/mol. The Hall–Kier alpha value is -1.66. The fourth-order valence-electron chi connectivity index (χ4n) is 3.36. The molecule has 0 spiro atoms. The Labute approximate surface area is 151 Å². The maximum Gasteiger partial charge on any atom is 0.191 e. The molecule has 1 heterocycles. The molecule has 0 saturated carbocycles. The van der Waals surface area contributed by atoms with Gasteiger partial charge in [-0.15, -0.1) is 0 Å². The SMILES string of the molecule is CCN1CCCC1CNC(=NC)NCc1ccc(F)c(CN(C)C)c1. The topological polar surface area (TPSA) is 42.9 Å². The minimum Gasteiger partial charge on any atom is -0.355 e. The summed E-state index contributed by atoms with van der Waals surface area (Å²) < 4.78 is 13.9. The minimum atomic E-state index is -0.152. The number of hydrogen-bond donors (Lipinski definition) is 2. The molecule has 1 unspecified atom stereocenters. The molecule has 1 saturated heterocycles. The van der Waals surface area contributed by atoms with Crippen molar-refractivity contribution in [2.24, 2.45) is 4.99 Å². The summed E-state index contributed by atoms with van der Waals surface area (Å²) in [5.41, 5.74) is 1.77. The molecule has 1 aliphatic rings. The number of likely N-dealkylation sites (N-methyl/N-ethyl adjacent to an activating group) is 1. The summed E-state index contributed by atoms with van der Waals surface area (Å²) in [6.07, 6.45) is 2.51. The first-order valence-electron chi connectivity index (χ1n) is 9.14. The molecule has 6 heteroatoms. The molecule has 0 amide bonds. The predicted octanol–water partition coefficient (Wildman–Crippen LogP) is 2.04. The number of nitrogens with zero attached hydrogens (tertiary/aromatic N) is 3. The first-order valence-corrected chi connectivity index (χ1v) is 9.14. The fourth-order valence-corrected chi connectivity index (χ4v) is 3.36. The average molecular weight is 349 g/mol. The van der Waals surface area contributed by atoms with Crippen LogP contribution in [0.15, 0.2) is 23.2 Å². The van der Waals surface area contributed by atoms with E-state index in [-0.39, 0.29) is 5.82 Å². The van der Waals surface area contributed by atoms with Crippen molar-refractivity contribution < 1.29 is 4.39 Å². The van der Waals surface area contributed by atoms with E-state index < -0.39 is 0 Å². The van der Waals surface area contributed by atoms with E-state index in [4.69, 9.17) is 0 Å². The molecule has 140 valence electrons. The average Bonchev–Trinajstić information content (AvgIpc) is 3.05. The molecule has 1 fully saturated rings.